The average Bonchev–Trinajstić information content (AvgIpc) is 3.09. The Balaban J connectivity index is 1.98. The van der Waals surface area contributed by atoms with Crippen LogP contribution in [0.2, 0.25) is 0 Å². The lowest BCUT2D eigenvalue weighted by Crippen LogP contribution is -2.35. The minimum absolute atomic E-state index is 0.146. The number of carbonyl (C=O) groups is 1. The fraction of sp³-hybridized carbons (Fsp3) is 0.692. The maximum atomic E-state index is 12.1. The zero-order chi connectivity index (χ0) is 13.1. The highest BCUT2D eigenvalue weighted by Gasteiger charge is 2.26. The van der Waals surface area contributed by atoms with Crippen molar-refractivity contribution in [3.8, 4) is 0 Å². The topological polar surface area (TPSA) is 72.9 Å². The summed E-state index contributed by atoms with van der Waals surface area (Å²) >= 11 is 0. The van der Waals surface area contributed by atoms with E-state index in [1.807, 2.05) is 6.92 Å². The molecule has 1 atom stereocenters. The molecule has 0 saturated heterocycles. The number of carbonyl (C=O) groups excluding carboxylic acids is 1. The fourth-order valence-corrected chi connectivity index (χ4v) is 2.11. The first kappa shape index (κ1) is 12.9. The molecule has 0 radical (unpaired) electrons. The van der Waals surface area contributed by atoms with Gasteiger partial charge < -0.3 is 11.1 Å². The SMILES string of the molecule is CCC(CC1CC1)NC(=O)c1nn(CC)cc1N. The van der Waals surface area contributed by atoms with Gasteiger partial charge in [0.15, 0.2) is 5.69 Å². The van der Waals surface area contributed by atoms with Gasteiger partial charge >= 0.3 is 0 Å². The van der Waals surface area contributed by atoms with E-state index in [1.165, 1.54) is 12.8 Å². The van der Waals surface area contributed by atoms with Crippen LogP contribution < -0.4 is 11.1 Å². The van der Waals surface area contributed by atoms with Crippen molar-refractivity contribution in [2.45, 2.75) is 52.1 Å². The molecule has 0 spiro atoms. The molecule has 1 amide bonds. The summed E-state index contributed by atoms with van der Waals surface area (Å²) < 4.78 is 1.69. The van der Waals surface area contributed by atoms with Crippen molar-refractivity contribution in [1.82, 2.24) is 15.1 Å². The number of hydrogen-bond acceptors (Lipinski definition) is 3. The first-order valence-electron chi connectivity index (χ1n) is 6.77. The Morgan fingerprint density at radius 3 is 2.83 bits per heavy atom. The summed E-state index contributed by atoms with van der Waals surface area (Å²) in [5, 5.41) is 7.23. The van der Waals surface area contributed by atoms with Gasteiger partial charge in [0.05, 0.1) is 5.69 Å². The van der Waals surface area contributed by atoms with Crippen molar-refractivity contribution in [3.05, 3.63) is 11.9 Å². The van der Waals surface area contributed by atoms with E-state index < -0.39 is 0 Å². The maximum absolute atomic E-state index is 12.1. The highest BCUT2D eigenvalue weighted by molar-refractivity contribution is 5.97. The summed E-state index contributed by atoms with van der Waals surface area (Å²) in [6, 6.07) is 0.246. The number of amides is 1. The predicted octanol–water partition coefficient (Wildman–Crippen LogP) is 1.79. The lowest BCUT2D eigenvalue weighted by atomic mass is 10.1. The molecule has 0 bridgehead atoms. The van der Waals surface area contributed by atoms with Crippen molar-refractivity contribution >= 4 is 11.6 Å². The lowest BCUT2D eigenvalue weighted by molar-refractivity contribution is 0.0927. The Labute approximate surface area is 108 Å². The van der Waals surface area contributed by atoms with Crippen LogP contribution in [-0.4, -0.2) is 21.7 Å². The third kappa shape index (κ3) is 3.03. The number of anilines is 1. The van der Waals surface area contributed by atoms with Crippen LogP contribution in [0.4, 0.5) is 5.69 Å². The Morgan fingerprint density at radius 1 is 1.61 bits per heavy atom. The molecule has 3 N–H and O–H groups in total. The fourth-order valence-electron chi connectivity index (χ4n) is 2.11. The van der Waals surface area contributed by atoms with E-state index in [0.717, 1.165) is 25.3 Å². The first-order valence-corrected chi connectivity index (χ1v) is 6.77. The van der Waals surface area contributed by atoms with Crippen LogP contribution in [0.1, 0.15) is 50.0 Å². The molecular formula is C13H22N4O. The second kappa shape index (κ2) is 5.42. The van der Waals surface area contributed by atoms with Crippen LogP contribution in [0.25, 0.3) is 0 Å². The molecule has 0 aliphatic heterocycles. The largest absolute Gasteiger partial charge is 0.396 e. The third-order valence-electron chi connectivity index (χ3n) is 3.47. The summed E-state index contributed by atoms with van der Waals surface area (Å²) in [4.78, 5) is 12.1. The average molecular weight is 250 g/mol. The van der Waals surface area contributed by atoms with Gasteiger partial charge in [-0.2, -0.15) is 5.10 Å². The standard InChI is InChI=1S/C13H22N4O/c1-3-10(7-9-5-6-9)15-13(18)12-11(14)8-17(4-2)16-12/h8-10H,3-7,14H2,1-2H3,(H,15,18). The summed E-state index contributed by atoms with van der Waals surface area (Å²) in [6.45, 7) is 4.79. The molecule has 1 unspecified atom stereocenters. The number of nitrogen functional groups attached to an aromatic ring is 1. The van der Waals surface area contributed by atoms with Crippen LogP contribution in [0.3, 0.4) is 0 Å². The van der Waals surface area contributed by atoms with Crippen LogP contribution in [-0.2, 0) is 6.54 Å². The van der Waals surface area contributed by atoms with E-state index in [4.69, 9.17) is 5.73 Å². The quantitative estimate of drug-likeness (QED) is 0.808. The molecule has 5 heteroatoms. The van der Waals surface area contributed by atoms with E-state index in [2.05, 4.69) is 17.3 Å². The zero-order valence-electron chi connectivity index (χ0n) is 11.1. The molecule has 100 valence electrons. The smallest absolute Gasteiger partial charge is 0.274 e. The number of nitrogens with one attached hydrogen (secondary N) is 1. The van der Waals surface area contributed by atoms with E-state index in [-0.39, 0.29) is 11.9 Å². The number of aromatic nitrogens is 2. The number of hydrogen-bond donors (Lipinski definition) is 2. The van der Waals surface area contributed by atoms with E-state index in [9.17, 15) is 4.79 Å². The molecule has 2 rings (SSSR count). The van der Waals surface area contributed by atoms with E-state index in [0.29, 0.717) is 11.4 Å². The molecule has 0 aromatic carbocycles. The third-order valence-corrected chi connectivity index (χ3v) is 3.47. The number of aryl methyl sites for hydroxylation is 1. The van der Waals surface area contributed by atoms with Gasteiger partial charge in [0.25, 0.3) is 5.91 Å². The van der Waals surface area contributed by atoms with Crippen molar-refractivity contribution in [3.63, 3.8) is 0 Å². The zero-order valence-corrected chi connectivity index (χ0v) is 11.1. The normalized spacial score (nSPS) is 16.6. The Bertz CT molecular complexity index is 423. The van der Waals surface area contributed by atoms with Gasteiger partial charge in [-0.1, -0.05) is 19.8 Å². The molecule has 1 aliphatic rings. The van der Waals surface area contributed by atoms with Gasteiger partial charge in [0, 0.05) is 18.8 Å². The van der Waals surface area contributed by atoms with Crippen molar-refractivity contribution < 1.29 is 4.79 Å². The Kier molecular flexibility index (Phi) is 3.89. The molecule has 5 nitrogen and oxygen atoms in total. The summed E-state index contributed by atoms with van der Waals surface area (Å²) in [5.74, 6) is 0.660. The minimum atomic E-state index is -0.146. The number of rotatable bonds is 6. The maximum Gasteiger partial charge on any atom is 0.274 e. The van der Waals surface area contributed by atoms with Gasteiger partial charge in [-0.3, -0.25) is 9.48 Å². The minimum Gasteiger partial charge on any atom is -0.396 e. The first-order chi connectivity index (χ1) is 8.63. The molecule has 18 heavy (non-hydrogen) atoms. The Morgan fingerprint density at radius 2 is 2.33 bits per heavy atom. The lowest BCUT2D eigenvalue weighted by Gasteiger charge is -2.15. The molecule has 1 aliphatic carbocycles. The summed E-state index contributed by atoms with van der Waals surface area (Å²) in [5.41, 5.74) is 6.61. The second-order valence-corrected chi connectivity index (χ2v) is 5.05. The molecule has 1 heterocycles. The van der Waals surface area contributed by atoms with Crippen molar-refractivity contribution in [2.75, 3.05) is 5.73 Å². The van der Waals surface area contributed by atoms with Crippen LogP contribution in [0, 0.1) is 5.92 Å². The Hall–Kier alpha value is -1.52. The molecule has 1 aromatic rings. The van der Waals surface area contributed by atoms with Crippen LogP contribution in [0.15, 0.2) is 6.20 Å². The molecule has 1 saturated carbocycles. The van der Waals surface area contributed by atoms with E-state index in [1.54, 1.807) is 10.9 Å². The molecule has 1 aromatic heterocycles. The van der Waals surface area contributed by atoms with Crippen LogP contribution >= 0.6 is 0 Å². The summed E-state index contributed by atoms with van der Waals surface area (Å²) in [6.07, 6.45) is 6.35. The second-order valence-electron chi connectivity index (χ2n) is 5.05. The van der Waals surface area contributed by atoms with Crippen molar-refractivity contribution in [2.24, 2.45) is 5.92 Å². The van der Waals surface area contributed by atoms with Gasteiger partial charge in [0.2, 0.25) is 0 Å². The monoisotopic (exact) mass is 250 g/mol. The highest BCUT2D eigenvalue weighted by Crippen LogP contribution is 2.34. The predicted molar refractivity (Wildman–Crippen MR) is 71.2 cm³/mol. The molecular weight excluding hydrogens is 228 g/mol. The van der Waals surface area contributed by atoms with Gasteiger partial charge in [-0.25, -0.2) is 0 Å². The highest BCUT2D eigenvalue weighted by atomic mass is 16.2. The van der Waals surface area contributed by atoms with Crippen molar-refractivity contribution in [1.29, 1.82) is 0 Å². The van der Waals surface area contributed by atoms with Crippen LogP contribution in [0.5, 0.6) is 0 Å². The summed E-state index contributed by atoms with van der Waals surface area (Å²) in [7, 11) is 0. The van der Waals surface area contributed by atoms with Gasteiger partial charge in [0.1, 0.15) is 0 Å². The van der Waals surface area contributed by atoms with Gasteiger partial charge in [-0.05, 0) is 25.7 Å². The van der Waals surface area contributed by atoms with Gasteiger partial charge in [-0.15, -0.1) is 0 Å². The number of nitrogens with zero attached hydrogens (tertiary/aromatic N) is 2. The number of nitrogens with two attached hydrogens (primary N) is 1. The van der Waals surface area contributed by atoms with E-state index >= 15 is 0 Å². The molecule has 1 fully saturated rings.